The number of aldehydes is 1. The summed E-state index contributed by atoms with van der Waals surface area (Å²) in [5, 5.41) is 0.786. The average molecular weight is 199 g/mol. The Bertz CT molecular complexity index is 560. The summed E-state index contributed by atoms with van der Waals surface area (Å²) < 4.78 is 0. The molecule has 0 bridgehead atoms. The zero-order valence-corrected chi connectivity index (χ0v) is 7.95. The maximum absolute atomic E-state index is 10.7. The molecule has 74 valence electrons. The van der Waals surface area contributed by atoms with Crippen molar-refractivity contribution in [1.29, 1.82) is 0 Å². The van der Waals surface area contributed by atoms with Crippen molar-refractivity contribution in [3.63, 3.8) is 0 Å². The van der Waals surface area contributed by atoms with Crippen LogP contribution < -0.4 is 5.73 Å². The van der Waals surface area contributed by atoms with Gasteiger partial charge in [-0.05, 0) is 6.07 Å². The summed E-state index contributed by atoms with van der Waals surface area (Å²) in [5.74, 6) is 5.61. The minimum Gasteiger partial charge on any atom is -0.345 e. The highest BCUT2D eigenvalue weighted by Gasteiger charge is 2.03. The number of nitrogens with one attached hydrogen (secondary N) is 1. The van der Waals surface area contributed by atoms with Gasteiger partial charge in [0.2, 0.25) is 0 Å². The average Bonchev–Trinajstić information content (AvgIpc) is 2.68. The van der Waals surface area contributed by atoms with Crippen LogP contribution in [0.2, 0.25) is 0 Å². The van der Waals surface area contributed by atoms with Crippen LogP contribution in [0.1, 0.15) is 15.9 Å². The van der Waals surface area contributed by atoms with Crippen LogP contribution in [0.4, 0.5) is 0 Å². The number of hydrogen-bond donors (Lipinski definition) is 2. The molecule has 0 aromatic carbocycles. The molecule has 3 N–H and O–H groups in total. The van der Waals surface area contributed by atoms with Crippen molar-refractivity contribution >= 4 is 17.3 Å². The fraction of sp³-hybridized carbons (Fsp3) is 0.0909. The van der Waals surface area contributed by atoms with E-state index in [1.165, 1.54) is 0 Å². The summed E-state index contributed by atoms with van der Waals surface area (Å²) in [4.78, 5) is 17.8. The quantitative estimate of drug-likeness (QED) is 0.524. The third-order valence-electron chi connectivity index (χ3n) is 2.02. The second-order valence-corrected chi connectivity index (χ2v) is 2.99. The van der Waals surface area contributed by atoms with Gasteiger partial charge < -0.3 is 10.7 Å². The third kappa shape index (κ3) is 1.73. The minimum absolute atomic E-state index is 0.311. The van der Waals surface area contributed by atoms with Crippen molar-refractivity contribution in [2.24, 2.45) is 5.73 Å². The molecule has 2 aromatic heterocycles. The van der Waals surface area contributed by atoms with Gasteiger partial charge in [-0.15, -0.1) is 0 Å². The zero-order chi connectivity index (χ0) is 10.7. The Morgan fingerprint density at radius 1 is 1.60 bits per heavy atom. The normalized spacial score (nSPS) is 9.67. The third-order valence-corrected chi connectivity index (χ3v) is 2.02. The summed E-state index contributed by atoms with van der Waals surface area (Å²) in [6.45, 7) is 0.311. The van der Waals surface area contributed by atoms with Crippen LogP contribution in [-0.2, 0) is 0 Å². The molecule has 0 saturated carbocycles. The Labute approximate surface area is 86.5 Å². The molecule has 0 fully saturated rings. The fourth-order valence-electron chi connectivity index (χ4n) is 1.34. The van der Waals surface area contributed by atoms with Crippen molar-refractivity contribution in [1.82, 2.24) is 9.97 Å². The lowest BCUT2D eigenvalue weighted by molar-refractivity contribution is 0.112. The Balaban J connectivity index is 2.57. The molecule has 15 heavy (non-hydrogen) atoms. The predicted molar refractivity (Wildman–Crippen MR) is 57.4 cm³/mol. The second kappa shape index (κ2) is 3.95. The smallest absolute Gasteiger partial charge is 0.152 e. The Kier molecular flexibility index (Phi) is 2.48. The molecule has 0 spiro atoms. The first-order valence-corrected chi connectivity index (χ1v) is 4.46. The van der Waals surface area contributed by atoms with Crippen molar-refractivity contribution in [3.05, 3.63) is 29.6 Å². The lowest BCUT2D eigenvalue weighted by Crippen LogP contribution is -1.93. The number of aromatic nitrogens is 2. The number of fused-ring (bicyclic) bond motifs is 1. The summed E-state index contributed by atoms with van der Waals surface area (Å²) in [5.41, 5.74) is 7.31. The molecule has 0 aliphatic rings. The van der Waals surface area contributed by atoms with E-state index < -0.39 is 0 Å². The van der Waals surface area contributed by atoms with Gasteiger partial charge in [-0.3, -0.25) is 4.79 Å². The highest BCUT2D eigenvalue weighted by atomic mass is 16.1. The van der Waals surface area contributed by atoms with E-state index in [0.29, 0.717) is 17.8 Å². The topological polar surface area (TPSA) is 71.8 Å². The van der Waals surface area contributed by atoms with Crippen molar-refractivity contribution in [2.45, 2.75) is 0 Å². The van der Waals surface area contributed by atoms with E-state index in [1.54, 1.807) is 12.4 Å². The molecule has 0 amide bonds. The van der Waals surface area contributed by atoms with Crippen LogP contribution in [0.25, 0.3) is 11.0 Å². The maximum atomic E-state index is 10.7. The van der Waals surface area contributed by atoms with Crippen LogP contribution in [0, 0.1) is 11.8 Å². The van der Waals surface area contributed by atoms with Gasteiger partial charge in [0.25, 0.3) is 0 Å². The lowest BCUT2D eigenvalue weighted by atomic mass is 10.2. The van der Waals surface area contributed by atoms with Gasteiger partial charge in [0.05, 0.1) is 6.54 Å². The number of nitrogens with two attached hydrogens (primary N) is 1. The van der Waals surface area contributed by atoms with E-state index in [1.807, 2.05) is 6.07 Å². The number of hydrogen-bond acceptors (Lipinski definition) is 3. The minimum atomic E-state index is 0.311. The van der Waals surface area contributed by atoms with Gasteiger partial charge >= 0.3 is 0 Å². The molecular formula is C11H9N3O. The monoisotopic (exact) mass is 199 g/mol. The molecule has 0 unspecified atom stereocenters. The molecule has 4 nitrogen and oxygen atoms in total. The zero-order valence-electron chi connectivity index (χ0n) is 7.95. The summed E-state index contributed by atoms with van der Waals surface area (Å²) in [6.07, 6.45) is 4.07. The molecule has 0 saturated heterocycles. The van der Waals surface area contributed by atoms with E-state index in [4.69, 9.17) is 5.73 Å². The van der Waals surface area contributed by atoms with E-state index in [9.17, 15) is 4.79 Å². The first-order valence-electron chi connectivity index (χ1n) is 4.46. The van der Waals surface area contributed by atoms with Gasteiger partial charge in [-0.25, -0.2) is 4.98 Å². The SMILES string of the molecule is NCC#Cc1cnc2[nH]cc(C=O)c2c1. The van der Waals surface area contributed by atoms with Crippen molar-refractivity contribution < 1.29 is 4.79 Å². The number of carbonyl (C=O) groups excluding carboxylic acids is 1. The van der Waals surface area contributed by atoms with Crippen molar-refractivity contribution in [2.75, 3.05) is 6.54 Å². The second-order valence-electron chi connectivity index (χ2n) is 2.99. The summed E-state index contributed by atoms with van der Waals surface area (Å²) >= 11 is 0. The fourth-order valence-corrected chi connectivity index (χ4v) is 1.34. The predicted octanol–water partition coefficient (Wildman–Crippen LogP) is 0.686. The number of aromatic amines is 1. The highest BCUT2D eigenvalue weighted by molar-refractivity contribution is 5.96. The molecule has 0 aliphatic carbocycles. The van der Waals surface area contributed by atoms with Gasteiger partial charge in [0.1, 0.15) is 5.65 Å². The first-order chi connectivity index (χ1) is 7.35. The molecule has 0 atom stereocenters. The number of nitrogens with zero attached hydrogens (tertiary/aromatic N) is 1. The van der Waals surface area contributed by atoms with Gasteiger partial charge in [-0.1, -0.05) is 11.8 Å². The van der Waals surface area contributed by atoms with Gasteiger partial charge in [0.15, 0.2) is 6.29 Å². The maximum Gasteiger partial charge on any atom is 0.152 e. The Hall–Kier alpha value is -2.12. The summed E-state index contributed by atoms with van der Waals surface area (Å²) in [7, 11) is 0. The standard InChI is InChI=1S/C11H9N3O/c12-3-1-2-8-4-10-9(7-15)6-14-11(10)13-5-8/h4-7H,3,12H2,(H,13,14). The van der Waals surface area contributed by atoms with E-state index >= 15 is 0 Å². The van der Waals surface area contributed by atoms with E-state index in [2.05, 4.69) is 21.8 Å². The highest BCUT2D eigenvalue weighted by Crippen LogP contribution is 2.15. The van der Waals surface area contributed by atoms with Crippen LogP contribution in [0.3, 0.4) is 0 Å². The molecule has 2 rings (SSSR count). The van der Waals surface area contributed by atoms with E-state index in [0.717, 1.165) is 17.2 Å². The Morgan fingerprint density at radius 3 is 3.20 bits per heavy atom. The Morgan fingerprint density at radius 2 is 2.47 bits per heavy atom. The molecule has 2 heterocycles. The molecule has 2 aromatic rings. The molecular weight excluding hydrogens is 190 g/mol. The number of H-pyrrole nitrogens is 1. The summed E-state index contributed by atoms with van der Waals surface area (Å²) in [6, 6.07) is 1.82. The van der Waals surface area contributed by atoms with E-state index in [-0.39, 0.29) is 0 Å². The van der Waals surface area contributed by atoms with Crippen molar-refractivity contribution in [3.8, 4) is 11.8 Å². The number of rotatable bonds is 1. The molecule has 0 radical (unpaired) electrons. The van der Waals surface area contributed by atoms with Crippen LogP contribution in [0.5, 0.6) is 0 Å². The van der Waals surface area contributed by atoms with Gasteiger partial charge in [0, 0.05) is 28.9 Å². The number of pyridine rings is 1. The molecule has 0 aliphatic heterocycles. The van der Waals surface area contributed by atoms with Crippen LogP contribution in [0.15, 0.2) is 18.5 Å². The number of carbonyl (C=O) groups is 1. The van der Waals surface area contributed by atoms with Crippen LogP contribution in [-0.4, -0.2) is 22.8 Å². The lowest BCUT2D eigenvalue weighted by Gasteiger charge is -1.91. The van der Waals surface area contributed by atoms with Crippen LogP contribution >= 0.6 is 0 Å². The first kappa shape index (κ1) is 9.44. The van der Waals surface area contributed by atoms with Gasteiger partial charge in [-0.2, -0.15) is 0 Å². The largest absolute Gasteiger partial charge is 0.345 e. The molecule has 4 heteroatoms.